The second-order valence-electron chi connectivity index (χ2n) is 9.57. The molecule has 0 aromatic rings. The summed E-state index contributed by atoms with van der Waals surface area (Å²) in [5.41, 5.74) is -1.27. The molecule has 4 aliphatic carbocycles. The van der Waals surface area contributed by atoms with Crippen molar-refractivity contribution in [3.63, 3.8) is 0 Å². The van der Waals surface area contributed by atoms with Crippen molar-refractivity contribution in [3.8, 4) is 0 Å². The van der Waals surface area contributed by atoms with Crippen LogP contribution in [0, 0.1) is 28.6 Å². The molecular formula is C22H29FO3. The minimum atomic E-state index is -1.78. The highest BCUT2D eigenvalue weighted by molar-refractivity contribution is 5.92. The molecule has 0 aromatic heterocycles. The zero-order valence-corrected chi connectivity index (χ0v) is 16.1. The molecule has 0 spiro atoms. The number of allylic oxidation sites excluding steroid dienone is 4. The highest BCUT2D eigenvalue weighted by atomic mass is 19.1. The van der Waals surface area contributed by atoms with Crippen molar-refractivity contribution in [2.24, 2.45) is 28.6 Å². The first-order valence-corrected chi connectivity index (χ1v) is 9.87. The highest BCUT2D eigenvalue weighted by Gasteiger charge is 2.70. The van der Waals surface area contributed by atoms with Gasteiger partial charge in [-0.05, 0) is 62.5 Å². The maximum atomic E-state index is 16.8. The Bertz CT molecular complexity index is 752. The summed E-state index contributed by atoms with van der Waals surface area (Å²) >= 11 is 0. The third-order valence-electron chi connectivity index (χ3n) is 8.41. The lowest BCUT2D eigenvalue weighted by Crippen LogP contribution is -2.66. The van der Waals surface area contributed by atoms with E-state index < -0.39 is 23.1 Å². The molecule has 2 fully saturated rings. The van der Waals surface area contributed by atoms with E-state index in [2.05, 4.69) is 6.92 Å². The Hall–Kier alpha value is -1.29. The van der Waals surface area contributed by atoms with E-state index in [1.54, 1.807) is 13.0 Å². The Kier molecular flexibility index (Phi) is 3.74. The normalized spacial score (nSPS) is 50.3. The third-order valence-corrected chi connectivity index (χ3v) is 8.41. The lowest BCUT2D eigenvalue weighted by Gasteiger charge is -2.61. The molecule has 4 heteroatoms. The standard InChI is InChI=1S/C22H29FO3/c1-12-9-18-16-6-5-15(13(2)24)20(16,3)11-19(26)22(18,23)21(4)8-7-14(25)10-17(12)21/h9-10,15-16,18-19,26H,5-8,11H2,1-4H3/t15-,16+,18+,19+,20-,21+,22+/m1/s1. The summed E-state index contributed by atoms with van der Waals surface area (Å²) in [6.45, 7) is 7.54. The average molecular weight is 360 g/mol. The van der Waals surface area contributed by atoms with Crippen LogP contribution in [0.4, 0.5) is 4.39 Å². The molecule has 0 unspecified atom stereocenters. The van der Waals surface area contributed by atoms with Gasteiger partial charge in [-0.3, -0.25) is 9.59 Å². The molecule has 4 rings (SSSR count). The van der Waals surface area contributed by atoms with Crippen molar-refractivity contribution in [2.75, 3.05) is 0 Å². The molecule has 4 aliphatic rings. The molecule has 2 saturated carbocycles. The maximum Gasteiger partial charge on any atom is 0.156 e. The summed E-state index contributed by atoms with van der Waals surface area (Å²) in [6, 6.07) is 0. The molecule has 0 saturated heterocycles. The van der Waals surface area contributed by atoms with Crippen molar-refractivity contribution in [1.82, 2.24) is 0 Å². The number of ketones is 2. The number of fused-ring (bicyclic) bond motifs is 5. The molecule has 3 nitrogen and oxygen atoms in total. The van der Waals surface area contributed by atoms with Crippen LogP contribution in [0.3, 0.4) is 0 Å². The quantitative estimate of drug-likeness (QED) is 0.770. The van der Waals surface area contributed by atoms with E-state index >= 15 is 4.39 Å². The fraction of sp³-hybridized carbons (Fsp3) is 0.727. The third kappa shape index (κ3) is 1.97. The van der Waals surface area contributed by atoms with Gasteiger partial charge in [0.15, 0.2) is 11.5 Å². The number of halogens is 1. The summed E-state index contributed by atoms with van der Waals surface area (Å²) in [4.78, 5) is 24.2. The first-order chi connectivity index (χ1) is 12.1. The Labute approximate surface area is 154 Å². The molecule has 0 bridgehead atoms. The minimum Gasteiger partial charge on any atom is -0.390 e. The van der Waals surface area contributed by atoms with Crippen LogP contribution in [0.5, 0.6) is 0 Å². The number of aliphatic hydroxyl groups is 1. The van der Waals surface area contributed by atoms with Crippen LogP contribution < -0.4 is 0 Å². The van der Waals surface area contributed by atoms with Crippen molar-refractivity contribution in [2.45, 2.75) is 71.6 Å². The Morgan fingerprint density at radius 1 is 1.31 bits per heavy atom. The number of alkyl halides is 1. The van der Waals surface area contributed by atoms with E-state index in [0.717, 1.165) is 24.0 Å². The van der Waals surface area contributed by atoms with Gasteiger partial charge in [-0.25, -0.2) is 4.39 Å². The highest BCUT2D eigenvalue weighted by Crippen LogP contribution is 2.68. The van der Waals surface area contributed by atoms with Crippen molar-refractivity contribution in [1.29, 1.82) is 0 Å². The molecule has 7 atom stereocenters. The van der Waals surface area contributed by atoms with Crippen LogP contribution in [0.1, 0.15) is 59.8 Å². The van der Waals surface area contributed by atoms with E-state index in [0.29, 0.717) is 19.3 Å². The van der Waals surface area contributed by atoms with Gasteiger partial charge >= 0.3 is 0 Å². The second-order valence-corrected chi connectivity index (χ2v) is 9.57. The number of hydrogen-bond acceptors (Lipinski definition) is 3. The van der Waals surface area contributed by atoms with Gasteiger partial charge in [0, 0.05) is 23.7 Å². The van der Waals surface area contributed by atoms with Crippen LogP contribution in [0.25, 0.3) is 0 Å². The summed E-state index contributed by atoms with van der Waals surface area (Å²) in [6.07, 6.45) is 5.11. The van der Waals surface area contributed by atoms with E-state index in [9.17, 15) is 14.7 Å². The molecule has 0 aromatic carbocycles. The van der Waals surface area contributed by atoms with E-state index in [1.807, 2.05) is 19.9 Å². The summed E-state index contributed by atoms with van der Waals surface area (Å²) in [5.74, 6) is -0.259. The van der Waals surface area contributed by atoms with E-state index in [4.69, 9.17) is 0 Å². The van der Waals surface area contributed by atoms with Crippen molar-refractivity contribution in [3.05, 3.63) is 23.3 Å². The van der Waals surface area contributed by atoms with Crippen molar-refractivity contribution >= 4 is 11.6 Å². The average Bonchev–Trinajstić information content (AvgIpc) is 2.89. The van der Waals surface area contributed by atoms with Gasteiger partial charge in [0.25, 0.3) is 0 Å². The summed E-state index contributed by atoms with van der Waals surface area (Å²) in [5, 5.41) is 11.1. The van der Waals surface area contributed by atoms with Gasteiger partial charge in [0.2, 0.25) is 0 Å². The van der Waals surface area contributed by atoms with Crippen LogP contribution in [-0.4, -0.2) is 28.4 Å². The van der Waals surface area contributed by atoms with Crippen LogP contribution in [0.15, 0.2) is 23.3 Å². The van der Waals surface area contributed by atoms with E-state index in [-0.39, 0.29) is 28.8 Å². The smallest absolute Gasteiger partial charge is 0.156 e. The molecule has 142 valence electrons. The lowest BCUT2D eigenvalue weighted by molar-refractivity contribution is -0.187. The molecular weight excluding hydrogens is 331 g/mol. The molecule has 1 N–H and O–H groups in total. The molecule has 0 heterocycles. The maximum absolute atomic E-state index is 16.8. The number of carbonyl (C=O) groups excluding carboxylic acids is 2. The van der Waals surface area contributed by atoms with Crippen molar-refractivity contribution < 1.29 is 19.1 Å². The van der Waals surface area contributed by atoms with Gasteiger partial charge in [0.1, 0.15) is 5.78 Å². The first-order valence-electron chi connectivity index (χ1n) is 9.87. The lowest BCUT2D eigenvalue weighted by atomic mass is 9.45. The zero-order chi connectivity index (χ0) is 19.1. The Morgan fingerprint density at radius 2 is 2.00 bits per heavy atom. The first kappa shape index (κ1) is 18.1. The van der Waals surface area contributed by atoms with Crippen LogP contribution in [0.2, 0.25) is 0 Å². The van der Waals surface area contributed by atoms with Gasteiger partial charge in [-0.2, -0.15) is 0 Å². The molecule has 0 amide bonds. The largest absolute Gasteiger partial charge is 0.390 e. The number of hydrogen-bond donors (Lipinski definition) is 1. The van der Waals surface area contributed by atoms with E-state index in [1.165, 1.54) is 0 Å². The van der Waals surface area contributed by atoms with Crippen LogP contribution >= 0.6 is 0 Å². The number of aliphatic hydroxyl groups excluding tert-OH is 1. The number of Topliss-reactive ketones (excluding diaryl/α,β-unsaturated/α-hetero) is 1. The van der Waals surface area contributed by atoms with Crippen LogP contribution in [-0.2, 0) is 9.59 Å². The predicted octanol–water partition coefficient (Wildman–Crippen LogP) is 3.95. The fourth-order valence-corrected chi connectivity index (χ4v) is 7.07. The number of rotatable bonds is 1. The molecule has 26 heavy (non-hydrogen) atoms. The molecule has 0 aliphatic heterocycles. The second kappa shape index (κ2) is 5.37. The fourth-order valence-electron chi connectivity index (χ4n) is 7.07. The summed E-state index contributed by atoms with van der Waals surface area (Å²) in [7, 11) is 0. The Balaban J connectivity index is 1.89. The number of carbonyl (C=O) groups is 2. The monoisotopic (exact) mass is 360 g/mol. The Morgan fingerprint density at radius 3 is 2.65 bits per heavy atom. The van der Waals surface area contributed by atoms with Gasteiger partial charge in [-0.1, -0.05) is 25.5 Å². The SMILES string of the molecule is CC(=O)[C@H]1CC[C@H]2[C@@H]3C=C(C)C4=CC(=O)CC[C@]4(C)[C@@]3(F)[C@@H](O)C[C@]12C. The van der Waals surface area contributed by atoms with Gasteiger partial charge in [0.05, 0.1) is 6.10 Å². The molecule has 0 radical (unpaired) electrons. The zero-order valence-electron chi connectivity index (χ0n) is 16.1. The summed E-state index contributed by atoms with van der Waals surface area (Å²) < 4.78 is 16.8. The van der Waals surface area contributed by atoms with Gasteiger partial charge in [-0.15, -0.1) is 0 Å². The predicted molar refractivity (Wildman–Crippen MR) is 97.1 cm³/mol. The topological polar surface area (TPSA) is 54.4 Å². The van der Waals surface area contributed by atoms with Gasteiger partial charge < -0.3 is 5.11 Å². The minimum absolute atomic E-state index is 0.0416.